The van der Waals surface area contributed by atoms with E-state index in [1.54, 1.807) is 0 Å². The van der Waals surface area contributed by atoms with Gasteiger partial charge in [0.1, 0.15) is 16.4 Å². The SMILES string of the molecule is CCC1C(=O)CC1c1ccc(S(=O)(=O)C(F)F)c(OC)c1. The number of benzene rings is 1. The van der Waals surface area contributed by atoms with Crippen LogP contribution in [-0.2, 0) is 14.6 Å². The van der Waals surface area contributed by atoms with Crippen molar-refractivity contribution in [2.24, 2.45) is 5.92 Å². The average Bonchev–Trinajstić information content (AvgIpc) is 2.44. The van der Waals surface area contributed by atoms with Gasteiger partial charge in [-0.3, -0.25) is 4.79 Å². The summed E-state index contributed by atoms with van der Waals surface area (Å²) in [4.78, 5) is 11.0. The molecule has 0 radical (unpaired) electrons. The summed E-state index contributed by atoms with van der Waals surface area (Å²) in [5.74, 6) is -3.52. The Morgan fingerprint density at radius 1 is 1.38 bits per heavy atom. The summed E-state index contributed by atoms with van der Waals surface area (Å²) >= 11 is 0. The highest BCUT2D eigenvalue weighted by atomic mass is 32.2. The fourth-order valence-electron chi connectivity index (χ4n) is 2.68. The molecule has 1 aromatic carbocycles. The van der Waals surface area contributed by atoms with Crippen molar-refractivity contribution in [3.63, 3.8) is 0 Å². The van der Waals surface area contributed by atoms with Crippen LogP contribution >= 0.6 is 0 Å². The molecule has 0 heterocycles. The van der Waals surface area contributed by atoms with Gasteiger partial charge >= 0.3 is 5.76 Å². The van der Waals surface area contributed by atoms with Gasteiger partial charge in [0, 0.05) is 18.3 Å². The maximum atomic E-state index is 12.6. The standard InChI is InChI=1S/C14H16F2O4S/c1-3-9-10(7-11(9)17)8-4-5-13(12(6-8)20-2)21(18,19)14(15)16/h4-6,9-10,14H,3,7H2,1-2H3. The number of ether oxygens (including phenoxy) is 1. The van der Waals surface area contributed by atoms with Crippen LogP contribution in [-0.4, -0.2) is 27.1 Å². The Labute approximate surface area is 122 Å². The maximum absolute atomic E-state index is 12.6. The van der Waals surface area contributed by atoms with Crippen molar-refractivity contribution in [1.82, 2.24) is 0 Å². The van der Waals surface area contributed by atoms with Crippen LogP contribution in [0.4, 0.5) is 8.78 Å². The van der Waals surface area contributed by atoms with Crippen LogP contribution in [0.25, 0.3) is 0 Å². The van der Waals surface area contributed by atoms with E-state index in [0.717, 1.165) is 11.6 Å². The van der Waals surface area contributed by atoms with E-state index >= 15 is 0 Å². The van der Waals surface area contributed by atoms with Crippen molar-refractivity contribution in [1.29, 1.82) is 0 Å². The number of Topliss-reactive ketones (excluding diaryl/α,β-unsaturated/α-hetero) is 1. The number of halogens is 2. The second-order valence-corrected chi connectivity index (χ2v) is 6.89. The van der Waals surface area contributed by atoms with Crippen molar-refractivity contribution in [2.75, 3.05) is 7.11 Å². The van der Waals surface area contributed by atoms with E-state index < -0.39 is 20.5 Å². The molecule has 1 aromatic rings. The van der Waals surface area contributed by atoms with Crippen LogP contribution in [0.5, 0.6) is 5.75 Å². The normalized spacial score (nSPS) is 22.2. The summed E-state index contributed by atoms with van der Waals surface area (Å²) in [6.07, 6.45) is 1.09. The molecule has 1 aliphatic rings. The van der Waals surface area contributed by atoms with E-state index in [4.69, 9.17) is 4.74 Å². The van der Waals surface area contributed by atoms with Gasteiger partial charge in [0.2, 0.25) is 9.84 Å². The van der Waals surface area contributed by atoms with Crippen molar-refractivity contribution < 1.29 is 26.7 Å². The highest BCUT2D eigenvalue weighted by Gasteiger charge is 2.40. The zero-order valence-electron chi connectivity index (χ0n) is 11.7. The minimum atomic E-state index is -4.71. The summed E-state index contributed by atoms with van der Waals surface area (Å²) in [6, 6.07) is 4.05. The molecule has 1 saturated carbocycles. The fraction of sp³-hybridized carbons (Fsp3) is 0.500. The lowest BCUT2D eigenvalue weighted by Gasteiger charge is -2.35. The number of hydrogen-bond acceptors (Lipinski definition) is 4. The first-order valence-electron chi connectivity index (χ1n) is 6.55. The summed E-state index contributed by atoms with van der Waals surface area (Å²) < 4.78 is 53.3. The molecule has 1 aliphatic carbocycles. The molecular weight excluding hydrogens is 302 g/mol. The summed E-state index contributed by atoms with van der Waals surface area (Å²) in [7, 11) is -3.48. The number of hydrogen-bond donors (Lipinski definition) is 0. The van der Waals surface area contributed by atoms with Crippen molar-refractivity contribution in [2.45, 2.75) is 36.3 Å². The molecular formula is C14H16F2O4S. The van der Waals surface area contributed by atoms with Crippen LogP contribution in [0.1, 0.15) is 31.2 Å². The third kappa shape index (κ3) is 2.66. The molecule has 0 N–H and O–H groups in total. The van der Waals surface area contributed by atoms with E-state index in [0.29, 0.717) is 12.8 Å². The molecule has 2 atom stereocenters. The lowest BCUT2D eigenvalue weighted by atomic mass is 9.68. The topological polar surface area (TPSA) is 60.4 Å². The molecule has 4 nitrogen and oxygen atoms in total. The van der Waals surface area contributed by atoms with Gasteiger partial charge in [0.05, 0.1) is 7.11 Å². The molecule has 116 valence electrons. The fourth-order valence-corrected chi connectivity index (χ4v) is 3.55. The third-order valence-corrected chi connectivity index (χ3v) is 5.34. The molecule has 0 aromatic heterocycles. The highest BCUT2D eigenvalue weighted by Crippen LogP contribution is 2.43. The predicted molar refractivity (Wildman–Crippen MR) is 72.3 cm³/mol. The number of carbonyl (C=O) groups is 1. The molecule has 21 heavy (non-hydrogen) atoms. The van der Waals surface area contributed by atoms with Crippen molar-refractivity contribution in [3.05, 3.63) is 23.8 Å². The molecule has 0 bridgehead atoms. The van der Waals surface area contributed by atoms with Crippen LogP contribution in [0.3, 0.4) is 0 Å². The van der Waals surface area contributed by atoms with Crippen LogP contribution in [0.2, 0.25) is 0 Å². The lowest BCUT2D eigenvalue weighted by molar-refractivity contribution is -0.131. The second-order valence-electron chi connectivity index (χ2n) is 5.01. The first kappa shape index (κ1) is 15.9. The molecule has 0 spiro atoms. The minimum Gasteiger partial charge on any atom is -0.495 e. The molecule has 0 amide bonds. The monoisotopic (exact) mass is 318 g/mol. The number of alkyl halides is 2. The van der Waals surface area contributed by atoms with Gasteiger partial charge < -0.3 is 4.74 Å². The van der Waals surface area contributed by atoms with Gasteiger partial charge in [-0.25, -0.2) is 8.42 Å². The largest absolute Gasteiger partial charge is 0.495 e. The Morgan fingerprint density at radius 3 is 2.52 bits per heavy atom. The molecule has 7 heteroatoms. The zero-order chi connectivity index (χ0) is 15.8. The number of rotatable bonds is 5. The molecule has 0 aliphatic heterocycles. The number of ketones is 1. The van der Waals surface area contributed by atoms with Crippen molar-refractivity contribution in [3.8, 4) is 5.75 Å². The Hall–Kier alpha value is -1.50. The van der Waals surface area contributed by atoms with Gasteiger partial charge in [-0.15, -0.1) is 0 Å². The van der Waals surface area contributed by atoms with Gasteiger partial charge in [-0.1, -0.05) is 13.0 Å². The zero-order valence-corrected chi connectivity index (χ0v) is 12.5. The molecule has 1 fully saturated rings. The first-order chi connectivity index (χ1) is 9.82. The van der Waals surface area contributed by atoms with E-state index in [9.17, 15) is 22.0 Å². The predicted octanol–water partition coefficient (Wildman–Crippen LogP) is 2.77. The van der Waals surface area contributed by atoms with E-state index in [2.05, 4.69) is 0 Å². The molecule has 0 saturated heterocycles. The van der Waals surface area contributed by atoms with Crippen molar-refractivity contribution >= 4 is 15.6 Å². The molecule has 2 unspecified atom stereocenters. The summed E-state index contributed by atoms with van der Waals surface area (Å²) in [5, 5.41) is 0. The van der Waals surface area contributed by atoms with Gasteiger partial charge in [-0.05, 0) is 24.1 Å². The highest BCUT2D eigenvalue weighted by molar-refractivity contribution is 7.91. The van der Waals surface area contributed by atoms with Gasteiger partial charge in [0.15, 0.2) is 0 Å². The quantitative estimate of drug-likeness (QED) is 0.837. The van der Waals surface area contributed by atoms with Gasteiger partial charge in [0.25, 0.3) is 0 Å². The number of methoxy groups -OCH3 is 1. The van der Waals surface area contributed by atoms with Crippen LogP contribution < -0.4 is 4.74 Å². The lowest BCUT2D eigenvalue weighted by Crippen LogP contribution is -2.34. The summed E-state index contributed by atoms with van der Waals surface area (Å²) in [6.45, 7) is 1.90. The Bertz CT molecular complexity index is 655. The Balaban J connectivity index is 2.40. The minimum absolute atomic E-state index is 0.000274. The van der Waals surface area contributed by atoms with Gasteiger partial charge in [-0.2, -0.15) is 8.78 Å². The summed E-state index contributed by atoms with van der Waals surface area (Å²) in [5.41, 5.74) is 0.742. The third-order valence-electron chi connectivity index (χ3n) is 3.92. The van der Waals surface area contributed by atoms with E-state index in [-0.39, 0.29) is 23.4 Å². The van der Waals surface area contributed by atoms with E-state index in [1.807, 2.05) is 6.92 Å². The Kier molecular flexibility index (Phi) is 4.32. The molecule has 2 rings (SSSR count). The second kappa shape index (κ2) is 5.71. The average molecular weight is 318 g/mol. The smallest absolute Gasteiger partial charge is 0.341 e. The van der Waals surface area contributed by atoms with E-state index in [1.165, 1.54) is 19.2 Å². The number of carbonyl (C=O) groups excluding carboxylic acids is 1. The number of sulfone groups is 1. The van der Waals surface area contributed by atoms with Crippen LogP contribution in [0.15, 0.2) is 23.1 Å². The Morgan fingerprint density at radius 2 is 2.05 bits per heavy atom. The van der Waals surface area contributed by atoms with Crippen LogP contribution in [0, 0.1) is 5.92 Å². The maximum Gasteiger partial charge on any atom is 0.341 e. The first-order valence-corrected chi connectivity index (χ1v) is 8.10.